The van der Waals surface area contributed by atoms with E-state index in [4.69, 9.17) is 20.8 Å². The Kier molecular flexibility index (Phi) is 6.23. The molecule has 0 spiro atoms. The van der Waals surface area contributed by atoms with Crippen molar-refractivity contribution in [3.8, 4) is 5.75 Å². The first-order valence-corrected chi connectivity index (χ1v) is 10.3. The van der Waals surface area contributed by atoms with Crippen molar-refractivity contribution in [3.05, 3.63) is 77.5 Å². The predicted molar refractivity (Wildman–Crippen MR) is 116 cm³/mol. The number of halogens is 1. The molecule has 8 heteroatoms. The maximum atomic E-state index is 13.4. The lowest BCUT2D eigenvalue weighted by molar-refractivity contribution is -0.137. The van der Waals surface area contributed by atoms with E-state index in [2.05, 4.69) is 4.98 Å². The Hall–Kier alpha value is -3.32. The van der Waals surface area contributed by atoms with Gasteiger partial charge in [0, 0.05) is 36.9 Å². The van der Waals surface area contributed by atoms with Crippen LogP contribution in [-0.4, -0.2) is 35.4 Å². The summed E-state index contributed by atoms with van der Waals surface area (Å²) in [7, 11) is 1.54. The third-order valence-corrected chi connectivity index (χ3v) is 5.48. The molecule has 2 aromatic heterocycles. The molecule has 0 N–H and O–H groups in total. The van der Waals surface area contributed by atoms with Gasteiger partial charge in [-0.3, -0.25) is 14.6 Å². The number of pyridine rings is 1. The second-order valence-electron chi connectivity index (χ2n) is 7.36. The molecule has 0 radical (unpaired) electrons. The molecule has 1 unspecified atom stereocenters. The summed E-state index contributed by atoms with van der Waals surface area (Å²) in [5.74, 6) is 0.474. The summed E-state index contributed by atoms with van der Waals surface area (Å²) in [5, 5.41) is 0.495. The molecule has 1 aliphatic rings. The minimum Gasteiger partial charge on any atom is -0.495 e. The van der Waals surface area contributed by atoms with Crippen molar-refractivity contribution in [1.29, 1.82) is 0 Å². The smallest absolute Gasteiger partial charge is 0.228 e. The molecule has 160 valence electrons. The zero-order valence-electron chi connectivity index (χ0n) is 17.0. The van der Waals surface area contributed by atoms with Crippen molar-refractivity contribution in [2.24, 2.45) is 5.92 Å². The van der Waals surface area contributed by atoms with E-state index in [-0.39, 0.29) is 24.8 Å². The SMILES string of the molecule is COc1ccc(Cl)cc1N1CC(C(=O)N(Cc2cccnc2)Cc2ccco2)CC1=O. The Morgan fingerprint density at radius 2 is 2.16 bits per heavy atom. The normalized spacial score (nSPS) is 15.9. The van der Waals surface area contributed by atoms with Gasteiger partial charge in [0.2, 0.25) is 11.8 Å². The predicted octanol–water partition coefficient (Wildman–Crippen LogP) is 3.92. The van der Waals surface area contributed by atoms with Crippen LogP contribution in [0, 0.1) is 5.92 Å². The Labute approximate surface area is 185 Å². The van der Waals surface area contributed by atoms with Gasteiger partial charge in [0.15, 0.2) is 0 Å². The number of carbonyl (C=O) groups is 2. The highest BCUT2D eigenvalue weighted by Crippen LogP contribution is 2.35. The second-order valence-corrected chi connectivity index (χ2v) is 7.79. The zero-order valence-corrected chi connectivity index (χ0v) is 17.8. The molecule has 1 saturated heterocycles. The fourth-order valence-electron chi connectivity index (χ4n) is 3.75. The van der Waals surface area contributed by atoms with Crippen LogP contribution in [0.25, 0.3) is 0 Å². The van der Waals surface area contributed by atoms with Gasteiger partial charge in [0.25, 0.3) is 0 Å². The van der Waals surface area contributed by atoms with E-state index in [0.717, 1.165) is 5.56 Å². The third kappa shape index (κ3) is 4.72. The quantitative estimate of drug-likeness (QED) is 0.557. The van der Waals surface area contributed by atoms with Gasteiger partial charge in [-0.15, -0.1) is 0 Å². The van der Waals surface area contributed by atoms with E-state index in [1.165, 1.54) is 7.11 Å². The van der Waals surface area contributed by atoms with E-state index in [1.807, 2.05) is 18.2 Å². The highest BCUT2D eigenvalue weighted by Gasteiger charge is 2.38. The fraction of sp³-hybridized carbons (Fsp3) is 0.261. The van der Waals surface area contributed by atoms with Crippen LogP contribution in [0.2, 0.25) is 5.02 Å². The minimum atomic E-state index is -0.483. The van der Waals surface area contributed by atoms with E-state index >= 15 is 0 Å². The summed E-state index contributed by atoms with van der Waals surface area (Å²) in [6.45, 7) is 0.945. The number of hydrogen-bond acceptors (Lipinski definition) is 5. The number of benzene rings is 1. The Morgan fingerprint density at radius 1 is 1.29 bits per heavy atom. The lowest BCUT2D eigenvalue weighted by Crippen LogP contribution is -2.36. The van der Waals surface area contributed by atoms with Crippen LogP contribution >= 0.6 is 11.6 Å². The van der Waals surface area contributed by atoms with Crippen molar-refractivity contribution in [3.63, 3.8) is 0 Å². The number of amides is 2. The Morgan fingerprint density at radius 3 is 2.87 bits per heavy atom. The van der Waals surface area contributed by atoms with Crippen LogP contribution in [0.5, 0.6) is 5.75 Å². The highest BCUT2D eigenvalue weighted by atomic mass is 35.5. The molecule has 31 heavy (non-hydrogen) atoms. The maximum absolute atomic E-state index is 13.4. The van der Waals surface area contributed by atoms with Crippen LogP contribution in [0.4, 0.5) is 5.69 Å². The molecule has 1 aromatic carbocycles. The van der Waals surface area contributed by atoms with E-state index < -0.39 is 5.92 Å². The minimum absolute atomic E-state index is 0.114. The summed E-state index contributed by atoms with van der Waals surface area (Å²) in [4.78, 5) is 33.6. The molecular formula is C23H22ClN3O4. The van der Waals surface area contributed by atoms with Gasteiger partial charge >= 0.3 is 0 Å². The highest BCUT2D eigenvalue weighted by molar-refractivity contribution is 6.31. The average Bonchev–Trinajstić information content (AvgIpc) is 3.43. The number of methoxy groups -OCH3 is 1. The van der Waals surface area contributed by atoms with Gasteiger partial charge < -0.3 is 19.0 Å². The maximum Gasteiger partial charge on any atom is 0.228 e. The zero-order chi connectivity index (χ0) is 21.8. The van der Waals surface area contributed by atoms with Gasteiger partial charge in [-0.2, -0.15) is 0 Å². The standard InChI is InChI=1S/C23H22ClN3O4/c1-30-21-7-6-18(24)11-20(21)27-14-17(10-22(27)28)23(29)26(15-19-5-3-9-31-19)13-16-4-2-8-25-12-16/h2-9,11-12,17H,10,13-15H2,1H3. The summed E-state index contributed by atoms with van der Waals surface area (Å²) in [6, 6.07) is 12.5. The molecule has 4 rings (SSSR count). The Balaban J connectivity index is 1.56. The summed E-state index contributed by atoms with van der Waals surface area (Å²) in [6.07, 6.45) is 5.12. The molecule has 0 bridgehead atoms. The number of ether oxygens (including phenoxy) is 1. The molecule has 2 amide bonds. The molecule has 3 aromatic rings. The van der Waals surface area contributed by atoms with E-state index in [9.17, 15) is 9.59 Å². The number of hydrogen-bond donors (Lipinski definition) is 0. The molecule has 0 aliphatic carbocycles. The van der Waals surface area contributed by atoms with Crippen molar-refractivity contribution in [2.45, 2.75) is 19.5 Å². The van der Waals surface area contributed by atoms with Gasteiger partial charge in [-0.25, -0.2) is 0 Å². The van der Waals surface area contributed by atoms with Gasteiger partial charge in [-0.1, -0.05) is 17.7 Å². The Bertz CT molecular complexity index is 1060. The lowest BCUT2D eigenvalue weighted by atomic mass is 10.1. The lowest BCUT2D eigenvalue weighted by Gasteiger charge is -2.25. The first-order valence-electron chi connectivity index (χ1n) is 9.89. The summed E-state index contributed by atoms with van der Waals surface area (Å²) >= 11 is 6.13. The van der Waals surface area contributed by atoms with Crippen LogP contribution in [0.1, 0.15) is 17.7 Å². The first kappa shape index (κ1) is 20.9. The molecular weight excluding hydrogens is 418 g/mol. The van der Waals surface area contributed by atoms with E-state index in [0.29, 0.717) is 35.3 Å². The second kappa shape index (κ2) is 9.22. The number of rotatable bonds is 7. The summed E-state index contributed by atoms with van der Waals surface area (Å²) in [5.41, 5.74) is 1.47. The molecule has 3 heterocycles. The van der Waals surface area contributed by atoms with Crippen LogP contribution in [0.3, 0.4) is 0 Å². The average molecular weight is 440 g/mol. The number of furan rings is 1. The van der Waals surface area contributed by atoms with Crippen LogP contribution < -0.4 is 9.64 Å². The van der Waals surface area contributed by atoms with Crippen LogP contribution in [-0.2, 0) is 22.7 Å². The first-order chi connectivity index (χ1) is 15.0. The number of carbonyl (C=O) groups excluding carboxylic acids is 2. The molecule has 1 aliphatic heterocycles. The van der Waals surface area contributed by atoms with Crippen LogP contribution in [0.15, 0.2) is 65.5 Å². The molecule has 7 nitrogen and oxygen atoms in total. The topological polar surface area (TPSA) is 75.9 Å². The fourth-order valence-corrected chi connectivity index (χ4v) is 3.92. The largest absolute Gasteiger partial charge is 0.495 e. The molecule has 1 fully saturated rings. The van der Waals surface area contributed by atoms with Crippen molar-refractivity contribution >= 4 is 29.1 Å². The summed E-state index contributed by atoms with van der Waals surface area (Å²) < 4.78 is 10.8. The third-order valence-electron chi connectivity index (χ3n) is 5.24. The van der Waals surface area contributed by atoms with Gasteiger partial charge in [0.1, 0.15) is 11.5 Å². The molecule has 1 atom stereocenters. The van der Waals surface area contributed by atoms with Crippen molar-refractivity contribution < 1.29 is 18.7 Å². The number of nitrogens with zero attached hydrogens (tertiary/aromatic N) is 3. The van der Waals surface area contributed by atoms with Gasteiger partial charge in [0.05, 0.1) is 31.5 Å². The van der Waals surface area contributed by atoms with E-state index in [1.54, 1.807) is 52.7 Å². The van der Waals surface area contributed by atoms with Gasteiger partial charge in [-0.05, 0) is 42.0 Å². The van der Waals surface area contributed by atoms with Crippen molar-refractivity contribution in [1.82, 2.24) is 9.88 Å². The van der Waals surface area contributed by atoms with Crippen molar-refractivity contribution in [2.75, 3.05) is 18.6 Å². The number of aromatic nitrogens is 1. The molecule has 0 saturated carbocycles. The number of anilines is 1. The monoisotopic (exact) mass is 439 g/mol.